The maximum absolute atomic E-state index is 11.8. The van der Waals surface area contributed by atoms with Crippen LogP contribution in [0.1, 0.15) is 10.4 Å². The second kappa shape index (κ2) is 5.62. The number of carbonyl (C=O) groups is 2. The van der Waals surface area contributed by atoms with E-state index in [0.717, 1.165) is 0 Å². The first-order valence-electron chi connectivity index (χ1n) is 5.36. The SMILES string of the molecule is O=C(Nc1cc(Cl)cc(C(=O)O)c1)C1=COCCO1. The topological polar surface area (TPSA) is 84.9 Å². The van der Waals surface area contributed by atoms with Crippen LogP contribution >= 0.6 is 11.6 Å². The van der Waals surface area contributed by atoms with Gasteiger partial charge in [-0.1, -0.05) is 11.6 Å². The van der Waals surface area contributed by atoms with Gasteiger partial charge in [-0.25, -0.2) is 4.79 Å². The monoisotopic (exact) mass is 283 g/mol. The van der Waals surface area contributed by atoms with E-state index in [0.29, 0.717) is 6.61 Å². The summed E-state index contributed by atoms with van der Waals surface area (Å²) in [4.78, 5) is 22.7. The standard InChI is InChI=1S/C12H10ClNO5/c13-8-3-7(12(16)17)4-9(5-8)14-11(15)10-6-18-1-2-19-10/h3-6H,1-2H2,(H,14,15)(H,16,17). The molecule has 0 aliphatic carbocycles. The zero-order valence-corrected chi connectivity index (χ0v) is 10.4. The molecule has 6 nitrogen and oxygen atoms in total. The van der Waals surface area contributed by atoms with Crippen LogP contribution in [0.15, 0.2) is 30.2 Å². The van der Waals surface area contributed by atoms with Crippen molar-refractivity contribution in [3.8, 4) is 0 Å². The number of rotatable bonds is 3. The van der Waals surface area contributed by atoms with Crippen molar-refractivity contribution in [2.24, 2.45) is 0 Å². The second-order valence-corrected chi connectivity index (χ2v) is 4.13. The van der Waals surface area contributed by atoms with E-state index < -0.39 is 11.9 Å². The number of carbonyl (C=O) groups excluding carboxylic acids is 1. The van der Waals surface area contributed by atoms with Gasteiger partial charge < -0.3 is 19.9 Å². The van der Waals surface area contributed by atoms with Crippen molar-refractivity contribution in [2.45, 2.75) is 0 Å². The lowest BCUT2D eigenvalue weighted by atomic mass is 10.2. The fourth-order valence-electron chi connectivity index (χ4n) is 1.47. The average Bonchev–Trinajstić information content (AvgIpc) is 2.39. The molecule has 7 heteroatoms. The minimum atomic E-state index is -1.13. The molecule has 0 saturated carbocycles. The van der Waals surface area contributed by atoms with Gasteiger partial charge in [-0.15, -0.1) is 0 Å². The Morgan fingerprint density at radius 2 is 2.05 bits per heavy atom. The second-order valence-electron chi connectivity index (χ2n) is 3.69. The molecular formula is C12H10ClNO5. The maximum atomic E-state index is 11.8. The first-order valence-corrected chi connectivity index (χ1v) is 5.74. The maximum Gasteiger partial charge on any atom is 0.335 e. The zero-order valence-electron chi connectivity index (χ0n) is 9.68. The van der Waals surface area contributed by atoms with Crippen LogP contribution < -0.4 is 5.32 Å². The van der Waals surface area contributed by atoms with Gasteiger partial charge in [-0.2, -0.15) is 0 Å². The van der Waals surface area contributed by atoms with Gasteiger partial charge >= 0.3 is 5.97 Å². The number of carboxylic acid groups (broad SMARTS) is 1. The Kier molecular flexibility index (Phi) is 3.91. The summed E-state index contributed by atoms with van der Waals surface area (Å²) in [5.41, 5.74) is 0.252. The number of anilines is 1. The van der Waals surface area contributed by atoms with E-state index >= 15 is 0 Å². The number of carboxylic acids is 1. The third kappa shape index (κ3) is 3.38. The lowest BCUT2D eigenvalue weighted by molar-refractivity contribution is -0.117. The highest BCUT2D eigenvalue weighted by Crippen LogP contribution is 2.20. The molecule has 1 heterocycles. The van der Waals surface area contributed by atoms with Gasteiger partial charge in [0.2, 0.25) is 5.76 Å². The number of nitrogens with one attached hydrogen (secondary N) is 1. The van der Waals surface area contributed by atoms with Crippen molar-refractivity contribution < 1.29 is 24.2 Å². The summed E-state index contributed by atoms with van der Waals surface area (Å²) in [7, 11) is 0. The highest BCUT2D eigenvalue weighted by molar-refractivity contribution is 6.31. The van der Waals surface area contributed by atoms with Crippen molar-refractivity contribution in [2.75, 3.05) is 18.5 Å². The van der Waals surface area contributed by atoms with E-state index in [-0.39, 0.29) is 28.6 Å². The molecule has 0 atom stereocenters. The highest BCUT2D eigenvalue weighted by Gasteiger charge is 2.16. The van der Waals surface area contributed by atoms with Crippen molar-refractivity contribution >= 4 is 29.2 Å². The molecule has 1 aliphatic heterocycles. The molecule has 0 unspecified atom stereocenters. The Hall–Kier alpha value is -2.21. The fraction of sp³-hybridized carbons (Fsp3) is 0.167. The normalized spacial score (nSPS) is 13.8. The van der Waals surface area contributed by atoms with Crippen molar-refractivity contribution in [1.82, 2.24) is 0 Å². The number of hydrogen-bond donors (Lipinski definition) is 2. The molecule has 1 aliphatic rings. The predicted molar refractivity (Wildman–Crippen MR) is 67.0 cm³/mol. The molecule has 1 aromatic carbocycles. The van der Waals surface area contributed by atoms with Crippen LogP contribution in [0, 0.1) is 0 Å². The lowest BCUT2D eigenvalue weighted by Crippen LogP contribution is -2.21. The minimum Gasteiger partial charge on any atom is -0.494 e. The van der Waals surface area contributed by atoms with E-state index in [9.17, 15) is 9.59 Å². The molecule has 0 saturated heterocycles. The van der Waals surface area contributed by atoms with E-state index in [1.54, 1.807) is 0 Å². The van der Waals surface area contributed by atoms with Gasteiger partial charge in [0.05, 0.1) is 5.56 Å². The minimum absolute atomic E-state index is 0.0161. The van der Waals surface area contributed by atoms with E-state index in [4.69, 9.17) is 26.2 Å². The van der Waals surface area contributed by atoms with Crippen LogP contribution in [-0.2, 0) is 14.3 Å². The van der Waals surface area contributed by atoms with Crippen LogP contribution in [0.2, 0.25) is 5.02 Å². The van der Waals surface area contributed by atoms with Crippen molar-refractivity contribution in [1.29, 1.82) is 0 Å². The summed E-state index contributed by atoms with van der Waals surface area (Å²) in [5.74, 6) is -1.63. The van der Waals surface area contributed by atoms with Crippen molar-refractivity contribution in [3.63, 3.8) is 0 Å². The molecule has 1 aromatic rings. The first-order chi connectivity index (χ1) is 9.06. The number of hydrogen-bond acceptors (Lipinski definition) is 4. The molecule has 100 valence electrons. The van der Waals surface area contributed by atoms with Gasteiger partial charge in [0.15, 0.2) is 0 Å². The van der Waals surface area contributed by atoms with Crippen molar-refractivity contribution in [3.05, 3.63) is 40.8 Å². The molecule has 0 fully saturated rings. The Bertz CT molecular complexity index is 555. The van der Waals surface area contributed by atoms with Crippen LogP contribution in [0.5, 0.6) is 0 Å². The summed E-state index contributed by atoms with van der Waals surface area (Å²) in [5, 5.41) is 11.6. The molecule has 2 rings (SSSR count). The predicted octanol–water partition coefficient (Wildman–Crippen LogP) is 1.86. The van der Waals surface area contributed by atoms with E-state index in [1.807, 2.05) is 0 Å². The van der Waals surface area contributed by atoms with E-state index in [1.165, 1.54) is 24.5 Å². The smallest absolute Gasteiger partial charge is 0.335 e. The Morgan fingerprint density at radius 1 is 1.26 bits per heavy atom. The van der Waals surface area contributed by atoms with E-state index in [2.05, 4.69) is 5.32 Å². The van der Waals surface area contributed by atoms with Crippen LogP contribution in [0.25, 0.3) is 0 Å². The highest BCUT2D eigenvalue weighted by atomic mass is 35.5. The molecule has 0 radical (unpaired) electrons. The number of aromatic carboxylic acids is 1. The van der Waals surface area contributed by atoms with Gasteiger partial charge in [0, 0.05) is 10.7 Å². The lowest BCUT2D eigenvalue weighted by Gasteiger charge is -2.15. The summed E-state index contributed by atoms with van der Waals surface area (Å²) in [6, 6.07) is 4.03. The quantitative estimate of drug-likeness (QED) is 0.884. The van der Waals surface area contributed by atoms with Gasteiger partial charge in [0.25, 0.3) is 5.91 Å². The Morgan fingerprint density at radius 3 is 2.68 bits per heavy atom. The summed E-state index contributed by atoms with van der Waals surface area (Å²) in [6.45, 7) is 0.673. The largest absolute Gasteiger partial charge is 0.494 e. The summed E-state index contributed by atoms with van der Waals surface area (Å²) in [6.07, 6.45) is 1.21. The average molecular weight is 284 g/mol. The zero-order chi connectivity index (χ0) is 13.8. The number of ether oxygens (including phenoxy) is 2. The van der Waals surface area contributed by atoms with Gasteiger partial charge in [0.1, 0.15) is 19.5 Å². The van der Waals surface area contributed by atoms with Crippen LogP contribution in [0.3, 0.4) is 0 Å². The molecule has 19 heavy (non-hydrogen) atoms. The molecule has 0 spiro atoms. The summed E-state index contributed by atoms with van der Waals surface area (Å²) >= 11 is 5.78. The van der Waals surface area contributed by atoms with Gasteiger partial charge in [-0.05, 0) is 18.2 Å². The summed E-state index contributed by atoms with van der Waals surface area (Å²) < 4.78 is 10.1. The number of benzene rings is 1. The van der Waals surface area contributed by atoms with Gasteiger partial charge in [-0.3, -0.25) is 4.79 Å². The number of halogens is 1. The molecule has 2 N–H and O–H groups in total. The fourth-order valence-corrected chi connectivity index (χ4v) is 1.70. The first kappa shape index (κ1) is 13.2. The molecule has 1 amide bonds. The molecule has 0 bridgehead atoms. The Labute approximate surface area is 113 Å². The van der Waals surface area contributed by atoms with Crippen LogP contribution in [0.4, 0.5) is 5.69 Å². The Balaban J connectivity index is 2.16. The third-order valence-electron chi connectivity index (χ3n) is 2.28. The third-order valence-corrected chi connectivity index (χ3v) is 2.49. The molecular weight excluding hydrogens is 274 g/mol. The van der Waals surface area contributed by atoms with Crippen LogP contribution in [-0.4, -0.2) is 30.2 Å². The number of amides is 1. The molecule has 0 aromatic heterocycles.